The Morgan fingerprint density at radius 3 is 2.76 bits per heavy atom. The summed E-state index contributed by atoms with van der Waals surface area (Å²) in [6, 6.07) is 0.932. The van der Waals surface area contributed by atoms with Crippen LogP contribution in [0.5, 0.6) is 0 Å². The Kier molecular flexibility index (Phi) is 5.06. The molecule has 2 fully saturated rings. The third kappa shape index (κ3) is 4.40. The Morgan fingerprint density at radius 1 is 1.24 bits per heavy atom. The zero-order valence-corrected chi connectivity index (χ0v) is 13.2. The molecule has 116 valence electrons. The highest BCUT2D eigenvalue weighted by atomic mass is 32.2. The average Bonchev–Trinajstić information content (AvgIpc) is 3.12. The van der Waals surface area contributed by atoms with E-state index in [0.29, 0.717) is 18.6 Å². The molecule has 0 spiro atoms. The van der Waals surface area contributed by atoms with E-state index in [-0.39, 0.29) is 5.91 Å². The monoisotopic (exact) mass is 308 g/mol. The highest BCUT2D eigenvalue weighted by Gasteiger charge is 2.18. The van der Waals surface area contributed by atoms with Crippen molar-refractivity contribution in [3.05, 3.63) is 12.4 Å². The normalized spacial score (nSPS) is 20.6. The van der Waals surface area contributed by atoms with Crippen LogP contribution in [0.3, 0.4) is 0 Å². The predicted octanol–water partition coefficient (Wildman–Crippen LogP) is 2.25. The maximum absolute atomic E-state index is 12.0. The van der Waals surface area contributed by atoms with Crippen molar-refractivity contribution in [3.8, 4) is 0 Å². The molecule has 21 heavy (non-hydrogen) atoms. The number of nitrogens with zero attached hydrogens (tertiary/aromatic N) is 2. The van der Waals surface area contributed by atoms with Gasteiger partial charge in [-0.2, -0.15) is 16.9 Å². The standard InChI is InChI=1S/C15H24N4OS/c20-15(18-12-3-1-2-4-12)11-19-10-14(9-16-19)17-13-5-7-21-8-6-13/h9-10,12-13,17H,1-8,11H2,(H,18,20). The van der Waals surface area contributed by atoms with Crippen LogP contribution in [0.2, 0.25) is 0 Å². The zero-order valence-electron chi connectivity index (χ0n) is 12.4. The average molecular weight is 308 g/mol. The van der Waals surface area contributed by atoms with Crippen LogP contribution in [0, 0.1) is 0 Å². The third-order valence-corrected chi connectivity index (χ3v) is 5.30. The summed E-state index contributed by atoms with van der Waals surface area (Å²) in [5.41, 5.74) is 1.03. The van der Waals surface area contributed by atoms with Gasteiger partial charge in [0.15, 0.2) is 0 Å². The first-order valence-corrected chi connectivity index (χ1v) is 9.11. The third-order valence-electron chi connectivity index (χ3n) is 4.25. The number of anilines is 1. The lowest BCUT2D eigenvalue weighted by Gasteiger charge is -2.22. The van der Waals surface area contributed by atoms with E-state index >= 15 is 0 Å². The van der Waals surface area contributed by atoms with Crippen molar-refractivity contribution in [2.24, 2.45) is 0 Å². The largest absolute Gasteiger partial charge is 0.380 e. The molecule has 1 amide bonds. The summed E-state index contributed by atoms with van der Waals surface area (Å²) in [5.74, 6) is 2.54. The van der Waals surface area contributed by atoms with Gasteiger partial charge in [0.25, 0.3) is 0 Å². The quantitative estimate of drug-likeness (QED) is 0.876. The van der Waals surface area contributed by atoms with E-state index in [2.05, 4.69) is 15.7 Å². The molecule has 0 bridgehead atoms. The lowest BCUT2D eigenvalue weighted by atomic mass is 10.1. The molecule has 0 atom stereocenters. The van der Waals surface area contributed by atoms with E-state index in [1.54, 1.807) is 4.68 Å². The smallest absolute Gasteiger partial charge is 0.241 e. The number of aromatic nitrogens is 2. The van der Waals surface area contributed by atoms with Gasteiger partial charge < -0.3 is 10.6 Å². The molecule has 1 aromatic rings. The van der Waals surface area contributed by atoms with Gasteiger partial charge in [-0.05, 0) is 37.2 Å². The fraction of sp³-hybridized carbons (Fsp3) is 0.733. The molecule has 1 saturated heterocycles. The summed E-state index contributed by atoms with van der Waals surface area (Å²) in [7, 11) is 0. The van der Waals surface area contributed by atoms with Crippen LogP contribution in [-0.4, -0.2) is 39.3 Å². The predicted molar refractivity (Wildman–Crippen MR) is 86.6 cm³/mol. The van der Waals surface area contributed by atoms with Gasteiger partial charge in [0.2, 0.25) is 5.91 Å². The highest BCUT2D eigenvalue weighted by Crippen LogP contribution is 2.20. The second kappa shape index (κ2) is 7.20. The zero-order chi connectivity index (χ0) is 14.5. The lowest BCUT2D eigenvalue weighted by molar-refractivity contribution is -0.122. The molecular formula is C15H24N4OS. The fourth-order valence-corrected chi connectivity index (χ4v) is 4.20. The van der Waals surface area contributed by atoms with Crippen LogP contribution >= 0.6 is 11.8 Å². The van der Waals surface area contributed by atoms with Gasteiger partial charge >= 0.3 is 0 Å². The molecule has 1 aromatic heterocycles. The van der Waals surface area contributed by atoms with Gasteiger partial charge in [-0.1, -0.05) is 12.8 Å². The van der Waals surface area contributed by atoms with Crippen LogP contribution in [0.1, 0.15) is 38.5 Å². The van der Waals surface area contributed by atoms with E-state index < -0.39 is 0 Å². The summed E-state index contributed by atoms with van der Waals surface area (Å²) < 4.78 is 1.73. The molecular weight excluding hydrogens is 284 g/mol. The van der Waals surface area contributed by atoms with Crippen molar-refractivity contribution in [3.63, 3.8) is 0 Å². The number of hydrogen-bond acceptors (Lipinski definition) is 4. The number of nitrogens with one attached hydrogen (secondary N) is 2. The van der Waals surface area contributed by atoms with Gasteiger partial charge in [0.05, 0.1) is 11.9 Å². The number of carbonyl (C=O) groups is 1. The summed E-state index contributed by atoms with van der Waals surface area (Å²) in [6.45, 7) is 0.318. The number of hydrogen-bond donors (Lipinski definition) is 2. The molecule has 5 nitrogen and oxygen atoms in total. The molecule has 1 aliphatic heterocycles. The van der Waals surface area contributed by atoms with Crippen LogP contribution < -0.4 is 10.6 Å². The van der Waals surface area contributed by atoms with Crippen molar-refractivity contribution in [1.82, 2.24) is 15.1 Å². The Balaban J connectivity index is 1.46. The van der Waals surface area contributed by atoms with Crippen LogP contribution in [-0.2, 0) is 11.3 Å². The Bertz CT molecular complexity index is 464. The highest BCUT2D eigenvalue weighted by molar-refractivity contribution is 7.99. The SMILES string of the molecule is O=C(Cn1cc(NC2CCSCC2)cn1)NC1CCCC1. The van der Waals surface area contributed by atoms with Crippen molar-refractivity contribution < 1.29 is 4.79 Å². The van der Waals surface area contributed by atoms with Crippen molar-refractivity contribution >= 4 is 23.4 Å². The molecule has 6 heteroatoms. The summed E-state index contributed by atoms with van der Waals surface area (Å²) in [6.07, 6.45) is 10.9. The van der Waals surface area contributed by atoms with E-state index in [1.807, 2.05) is 24.2 Å². The second-order valence-corrected chi connectivity index (χ2v) is 7.23. The minimum Gasteiger partial charge on any atom is -0.380 e. The van der Waals surface area contributed by atoms with Gasteiger partial charge in [0, 0.05) is 18.3 Å². The fourth-order valence-electron chi connectivity index (χ4n) is 3.09. The Hall–Kier alpha value is -1.17. The Morgan fingerprint density at radius 2 is 2.00 bits per heavy atom. The van der Waals surface area contributed by atoms with E-state index in [4.69, 9.17) is 0 Å². The van der Waals surface area contributed by atoms with Gasteiger partial charge in [-0.15, -0.1) is 0 Å². The number of thioether (sulfide) groups is 1. The van der Waals surface area contributed by atoms with Crippen molar-refractivity contribution in [2.45, 2.75) is 57.2 Å². The van der Waals surface area contributed by atoms with Gasteiger partial charge in [0.1, 0.15) is 6.54 Å². The first-order valence-electron chi connectivity index (χ1n) is 7.96. The van der Waals surface area contributed by atoms with Crippen molar-refractivity contribution in [1.29, 1.82) is 0 Å². The van der Waals surface area contributed by atoms with Crippen LogP contribution in [0.15, 0.2) is 12.4 Å². The van der Waals surface area contributed by atoms with Crippen molar-refractivity contribution in [2.75, 3.05) is 16.8 Å². The molecule has 0 radical (unpaired) electrons. The van der Waals surface area contributed by atoms with Gasteiger partial charge in [-0.3, -0.25) is 9.48 Å². The maximum Gasteiger partial charge on any atom is 0.241 e. The molecule has 3 rings (SSSR count). The molecule has 2 aliphatic rings. The van der Waals surface area contributed by atoms with Gasteiger partial charge in [-0.25, -0.2) is 0 Å². The van der Waals surface area contributed by atoms with E-state index in [0.717, 1.165) is 18.5 Å². The minimum atomic E-state index is 0.0746. The van der Waals surface area contributed by atoms with Crippen LogP contribution in [0.25, 0.3) is 0 Å². The first kappa shape index (κ1) is 14.8. The molecule has 0 unspecified atom stereocenters. The molecule has 2 N–H and O–H groups in total. The molecule has 0 aromatic carbocycles. The minimum absolute atomic E-state index is 0.0746. The molecule has 1 saturated carbocycles. The number of amides is 1. The number of rotatable bonds is 5. The molecule has 2 heterocycles. The summed E-state index contributed by atoms with van der Waals surface area (Å²) in [5, 5.41) is 10.9. The number of carbonyl (C=O) groups excluding carboxylic acids is 1. The second-order valence-electron chi connectivity index (χ2n) is 6.01. The first-order chi connectivity index (χ1) is 10.3. The summed E-state index contributed by atoms with van der Waals surface area (Å²) >= 11 is 2.02. The topological polar surface area (TPSA) is 59.0 Å². The lowest BCUT2D eigenvalue weighted by Crippen LogP contribution is -2.35. The molecule has 1 aliphatic carbocycles. The van der Waals surface area contributed by atoms with E-state index in [9.17, 15) is 4.79 Å². The Labute approximate surface area is 130 Å². The van der Waals surface area contributed by atoms with Crippen LogP contribution in [0.4, 0.5) is 5.69 Å². The maximum atomic E-state index is 12.0. The van der Waals surface area contributed by atoms with E-state index in [1.165, 1.54) is 37.2 Å². The summed E-state index contributed by atoms with van der Waals surface area (Å²) in [4.78, 5) is 12.0.